The molecule has 0 aromatic carbocycles. The molecular weight excluding hydrogens is 270 g/mol. The van der Waals surface area contributed by atoms with Gasteiger partial charge in [0.2, 0.25) is 5.91 Å². The lowest BCUT2D eigenvalue weighted by Crippen LogP contribution is -2.51. The van der Waals surface area contributed by atoms with E-state index in [2.05, 4.69) is 25.8 Å². The summed E-state index contributed by atoms with van der Waals surface area (Å²) in [5.41, 5.74) is 1.72. The van der Waals surface area contributed by atoms with Crippen molar-refractivity contribution in [2.75, 3.05) is 31.1 Å². The number of carboxylic acids is 1. The molecule has 0 spiro atoms. The van der Waals surface area contributed by atoms with Gasteiger partial charge in [0.15, 0.2) is 0 Å². The molecule has 0 aliphatic carbocycles. The SMILES string of the molecule is CC(C)(C)c1ccc(N2CCN(CC(=O)O)CC2=O)cn1. The van der Waals surface area contributed by atoms with Crippen molar-refractivity contribution in [2.45, 2.75) is 26.2 Å². The smallest absolute Gasteiger partial charge is 0.317 e. The number of rotatable bonds is 3. The number of hydrogen-bond acceptors (Lipinski definition) is 4. The van der Waals surface area contributed by atoms with Crippen molar-refractivity contribution in [3.05, 3.63) is 24.0 Å². The van der Waals surface area contributed by atoms with Gasteiger partial charge < -0.3 is 10.0 Å². The lowest BCUT2D eigenvalue weighted by molar-refractivity contribution is -0.138. The quantitative estimate of drug-likeness (QED) is 0.903. The number of pyridine rings is 1. The van der Waals surface area contributed by atoms with E-state index in [4.69, 9.17) is 5.11 Å². The number of carboxylic acid groups (broad SMARTS) is 1. The van der Waals surface area contributed by atoms with Crippen molar-refractivity contribution in [2.24, 2.45) is 0 Å². The normalized spacial score (nSPS) is 17.1. The molecule has 1 aromatic heterocycles. The van der Waals surface area contributed by atoms with Gasteiger partial charge in [-0.05, 0) is 12.1 Å². The summed E-state index contributed by atoms with van der Waals surface area (Å²) in [5, 5.41) is 8.77. The van der Waals surface area contributed by atoms with E-state index >= 15 is 0 Å². The molecule has 114 valence electrons. The number of carbonyl (C=O) groups is 2. The van der Waals surface area contributed by atoms with Crippen molar-refractivity contribution in [3.63, 3.8) is 0 Å². The van der Waals surface area contributed by atoms with Crippen molar-refractivity contribution in [3.8, 4) is 0 Å². The van der Waals surface area contributed by atoms with Crippen LogP contribution in [0.5, 0.6) is 0 Å². The summed E-state index contributed by atoms with van der Waals surface area (Å²) in [6, 6.07) is 3.84. The zero-order valence-electron chi connectivity index (χ0n) is 12.7. The Labute approximate surface area is 124 Å². The molecule has 2 heterocycles. The molecule has 0 unspecified atom stereocenters. The summed E-state index contributed by atoms with van der Waals surface area (Å²) in [6.07, 6.45) is 1.71. The molecule has 1 fully saturated rings. The number of nitrogens with zero attached hydrogens (tertiary/aromatic N) is 3. The maximum absolute atomic E-state index is 12.1. The average molecular weight is 291 g/mol. The van der Waals surface area contributed by atoms with E-state index in [1.807, 2.05) is 12.1 Å². The first-order valence-electron chi connectivity index (χ1n) is 6.98. The van der Waals surface area contributed by atoms with Crippen molar-refractivity contribution in [1.29, 1.82) is 0 Å². The molecule has 1 amide bonds. The highest BCUT2D eigenvalue weighted by atomic mass is 16.4. The molecule has 0 radical (unpaired) electrons. The Hall–Kier alpha value is -1.95. The van der Waals surface area contributed by atoms with Gasteiger partial charge in [0, 0.05) is 24.2 Å². The Morgan fingerprint density at radius 3 is 2.52 bits per heavy atom. The van der Waals surface area contributed by atoms with Gasteiger partial charge in [0.1, 0.15) is 0 Å². The summed E-state index contributed by atoms with van der Waals surface area (Å²) in [6.45, 7) is 7.34. The van der Waals surface area contributed by atoms with E-state index in [1.165, 1.54) is 0 Å². The Kier molecular flexibility index (Phi) is 4.27. The zero-order chi connectivity index (χ0) is 15.6. The van der Waals surface area contributed by atoms with E-state index < -0.39 is 5.97 Å². The van der Waals surface area contributed by atoms with Crippen LogP contribution in [0.25, 0.3) is 0 Å². The molecule has 0 saturated carbocycles. The third-order valence-corrected chi connectivity index (χ3v) is 3.49. The third kappa shape index (κ3) is 3.78. The molecule has 6 heteroatoms. The minimum Gasteiger partial charge on any atom is -0.480 e. The van der Waals surface area contributed by atoms with Crippen LogP contribution in [-0.2, 0) is 15.0 Å². The second-order valence-electron chi connectivity index (χ2n) is 6.30. The fourth-order valence-corrected chi connectivity index (χ4v) is 2.31. The maximum Gasteiger partial charge on any atom is 0.317 e. The number of hydrogen-bond donors (Lipinski definition) is 1. The molecule has 21 heavy (non-hydrogen) atoms. The summed E-state index contributed by atoms with van der Waals surface area (Å²) in [4.78, 5) is 30.5. The lowest BCUT2D eigenvalue weighted by Gasteiger charge is -2.33. The largest absolute Gasteiger partial charge is 0.480 e. The fraction of sp³-hybridized carbons (Fsp3) is 0.533. The minimum absolute atomic E-state index is 0.0251. The van der Waals surface area contributed by atoms with E-state index in [-0.39, 0.29) is 24.4 Å². The Morgan fingerprint density at radius 1 is 1.33 bits per heavy atom. The second kappa shape index (κ2) is 5.81. The Morgan fingerprint density at radius 2 is 2.05 bits per heavy atom. The Bertz CT molecular complexity index is 534. The molecule has 0 bridgehead atoms. The average Bonchev–Trinajstić information content (AvgIpc) is 2.37. The fourth-order valence-electron chi connectivity index (χ4n) is 2.31. The molecule has 6 nitrogen and oxygen atoms in total. The number of aliphatic carboxylic acids is 1. The molecule has 1 saturated heterocycles. The van der Waals surface area contributed by atoms with Crippen molar-refractivity contribution < 1.29 is 14.7 Å². The summed E-state index contributed by atoms with van der Waals surface area (Å²) >= 11 is 0. The van der Waals surface area contributed by atoms with Crippen molar-refractivity contribution >= 4 is 17.6 Å². The first-order chi connectivity index (χ1) is 9.77. The molecule has 2 rings (SSSR count). The van der Waals surface area contributed by atoms with E-state index in [1.54, 1.807) is 16.0 Å². The maximum atomic E-state index is 12.1. The highest BCUT2D eigenvalue weighted by Crippen LogP contribution is 2.23. The van der Waals surface area contributed by atoms with Crippen LogP contribution < -0.4 is 4.90 Å². The number of anilines is 1. The Balaban J connectivity index is 2.06. The number of aromatic nitrogens is 1. The molecule has 1 aliphatic heterocycles. The highest BCUT2D eigenvalue weighted by molar-refractivity contribution is 5.95. The summed E-state index contributed by atoms with van der Waals surface area (Å²) in [7, 11) is 0. The van der Waals surface area contributed by atoms with Gasteiger partial charge in [0.05, 0.1) is 25.0 Å². The van der Waals surface area contributed by atoms with Gasteiger partial charge in [-0.1, -0.05) is 20.8 Å². The molecule has 1 aliphatic rings. The van der Waals surface area contributed by atoms with E-state index in [0.717, 1.165) is 11.4 Å². The van der Waals surface area contributed by atoms with E-state index in [9.17, 15) is 9.59 Å². The number of piperazine rings is 1. The van der Waals surface area contributed by atoms with Crippen molar-refractivity contribution in [1.82, 2.24) is 9.88 Å². The third-order valence-electron chi connectivity index (χ3n) is 3.49. The van der Waals surface area contributed by atoms with Crippen LogP contribution in [0.15, 0.2) is 18.3 Å². The van der Waals surface area contributed by atoms with E-state index in [0.29, 0.717) is 13.1 Å². The summed E-state index contributed by atoms with van der Waals surface area (Å²) < 4.78 is 0. The van der Waals surface area contributed by atoms with Crippen LogP contribution >= 0.6 is 0 Å². The van der Waals surface area contributed by atoms with Crippen LogP contribution in [0.1, 0.15) is 26.5 Å². The van der Waals surface area contributed by atoms with Crippen LogP contribution in [-0.4, -0.2) is 53.0 Å². The molecule has 1 N–H and O–H groups in total. The minimum atomic E-state index is -0.910. The summed E-state index contributed by atoms with van der Waals surface area (Å²) in [5.74, 6) is -1.000. The first kappa shape index (κ1) is 15.4. The van der Waals surface area contributed by atoms with Gasteiger partial charge in [0.25, 0.3) is 0 Å². The predicted octanol–water partition coefficient (Wildman–Crippen LogP) is 1.11. The van der Waals surface area contributed by atoms with Crippen LogP contribution in [0.3, 0.4) is 0 Å². The van der Waals surface area contributed by atoms with Gasteiger partial charge in [-0.15, -0.1) is 0 Å². The topological polar surface area (TPSA) is 73.7 Å². The van der Waals surface area contributed by atoms with Crippen LogP contribution in [0.4, 0.5) is 5.69 Å². The second-order valence-corrected chi connectivity index (χ2v) is 6.30. The number of carbonyl (C=O) groups excluding carboxylic acids is 1. The standard InChI is InChI=1S/C15H21N3O3/c1-15(2,3)12-5-4-11(8-16-12)18-7-6-17(9-13(18)19)10-14(20)21/h4-5,8H,6-7,9-10H2,1-3H3,(H,20,21). The van der Waals surface area contributed by atoms with Crippen LogP contribution in [0, 0.1) is 0 Å². The molecule has 1 aromatic rings. The van der Waals surface area contributed by atoms with Gasteiger partial charge in [-0.25, -0.2) is 0 Å². The predicted molar refractivity (Wildman–Crippen MR) is 79.4 cm³/mol. The number of amides is 1. The molecule has 0 atom stereocenters. The van der Waals surface area contributed by atoms with Gasteiger partial charge in [-0.2, -0.15) is 0 Å². The van der Waals surface area contributed by atoms with Gasteiger partial charge in [-0.3, -0.25) is 19.5 Å². The van der Waals surface area contributed by atoms with Gasteiger partial charge >= 0.3 is 5.97 Å². The monoisotopic (exact) mass is 291 g/mol. The molecular formula is C15H21N3O3. The van der Waals surface area contributed by atoms with Crippen LogP contribution in [0.2, 0.25) is 0 Å². The zero-order valence-corrected chi connectivity index (χ0v) is 12.7. The highest BCUT2D eigenvalue weighted by Gasteiger charge is 2.26. The lowest BCUT2D eigenvalue weighted by atomic mass is 9.92. The first-order valence-corrected chi connectivity index (χ1v) is 6.98.